The number of hydrogen-bond acceptors (Lipinski definition) is 6. The highest BCUT2D eigenvalue weighted by molar-refractivity contribution is 6.04. The van der Waals surface area contributed by atoms with Gasteiger partial charge in [-0.05, 0) is 42.8 Å². The van der Waals surface area contributed by atoms with E-state index in [9.17, 15) is 9.59 Å². The Morgan fingerprint density at radius 1 is 1.10 bits per heavy atom. The predicted octanol–water partition coefficient (Wildman–Crippen LogP) is 2.74. The van der Waals surface area contributed by atoms with Crippen molar-refractivity contribution in [3.8, 4) is 0 Å². The van der Waals surface area contributed by atoms with E-state index in [0.29, 0.717) is 25.1 Å². The number of hydrogen-bond donors (Lipinski definition) is 0. The number of likely N-dealkylation sites (N-methyl/N-ethyl adjacent to an activating group) is 1. The summed E-state index contributed by atoms with van der Waals surface area (Å²) >= 11 is 0. The molecule has 0 saturated carbocycles. The molecule has 1 amide bonds. The van der Waals surface area contributed by atoms with Crippen LogP contribution in [0.25, 0.3) is 11.0 Å². The average Bonchev–Trinajstić information content (AvgIpc) is 3.33. The SMILES string of the molecule is CCN1C(=O)Cc2cc(C(=O)CN3CCN(c4noc5ccccc45)CC3)ccc21. The second-order valence-corrected chi connectivity index (χ2v) is 7.85. The van der Waals surface area contributed by atoms with Crippen molar-refractivity contribution in [2.24, 2.45) is 0 Å². The summed E-state index contributed by atoms with van der Waals surface area (Å²) in [7, 11) is 0. The largest absolute Gasteiger partial charge is 0.354 e. The quantitative estimate of drug-likeness (QED) is 0.609. The number of amides is 1. The van der Waals surface area contributed by atoms with Gasteiger partial charge < -0.3 is 14.3 Å². The van der Waals surface area contributed by atoms with Crippen molar-refractivity contribution in [1.29, 1.82) is 0 Å². The number of carbonyl (C=O) groups is 2. The number of carbonyl (C=O) groups excluding carboxylic acids is 2. The number of fused-ring (bicyclic) bond motifs is 2. The highest BCUT2D eigenvalue weighted by atomic mass is 16.5. The molecular weight excluding hydrogens is 380 g/mol. The van der Waals surface area contributed by atoms with Crippen molar-refractivity contribution in [2.75, 3.05) is 49.1 Å². The Hall–Kier alpha value is -3.19. The van der Waals surface area contributed by atoms with Crippen LogP contribution in [0.5, 0.6) is 0 Å². The lowest BCUT2D eigenvalue weighted by atomic mass is 10.0. The molecule has 154 valence electrons. The highest BCUT2D eigenvalue weighted by Gasteiger charge is 2.27. The lowest BCUT2D eigenvalue weighted by Gasteiger charge is -2.34. The van der Waals surface area contributed by atoms with E-state index in [1.807, 2.05) is 49.4 Å². The molecule has 0 unspecified atom stereocenters. The lowest BCUT2D eigenvalue weighted by Crippen LogP contribution is -2.48. The molecule has 2 aliphatic rings. The van der Waals surface area contributed by atoms with E-state index >= 15 is 0 Å². The maximum atomic E-state index is 12.8. The van der Waals surface area contributed by atoms with Crippen molar-refractivity contribution in [3.05, 3.63) is 53.6 Å². The number of rotatable bonds is 5. The Balaban J connectivity index is 1.22. The van der Waals surface area contributed by atoms with Gasteiger partial charge in [-0.1, -0.05) is 17.3 Å². The van der Waals surface area contributed by atoms with E-state index in [1.165, 1.54) is 0 Å². The van der Waals surface area contributed by atoms with Gasteiger partial charge in [0, 0.05) is 44.0 Å². The van der Waals surface area contributed by atoms with Gasteiger partial charge in [0.25, 0.3) is 0 Å². The average molecular weight is 404 g/mol. The molecule has 0 atom stereocenters. The molecule has 1 fully saturated rings. The molecule has 3 heterocycles. The maximum Gasteiger partial charge on any atom is 0.231 e. The molecule has 2 aliphatic heterocycles. The minimum absolute atomic E-state index is 0.0977. The number of para-hydroxylation sites is 1. The van der Waals surface area contributed by atoms with E-state index in [4.69, 9.17) is 4.52 Å². The van der Waals surface area contributed by atoms with Crippen molar-refractivity contribution >= 4 is 34.2 Å². The molecule has 0 N–H and O–H groups in total. The number of benzene rings is 2. The topological polar surface area (TPSA) is 69.9 Å². The molecule has 0 radical (unpaired) electrons. The van der Waals surface area contributed by atoms with E-state index in [-0.39, 0.29) is 11.7 Å². The van der Waals surface area contributed by atoms with Gasteiger partial charge in [-0.15, -0.1) is 0 Å². The maximum absolute atomic E-state index is 12.8. The van der Waals surface area contributed by atoms with Gasteiger partial charge in [0.2, 0.25) is 5.91 Å². The molecule has 30 heavy (non-hydrogen) atoms. The van der Waals surface area contributed by atoms with Crippen molar-refractivity contribution in [3.63, 3.8) is 0 Å². The van der Waals surface area contributed by atoms with Gasteiger partial charge >= 0.3 is 0 Å². The number of nitrogens with zero attached hydrogens (tertiary/aromatic N) is 4. The summed E-state index contributed by atoms with van der Waals surface area (Å²) in [5, 5.41) is 5.26. The van der Waals surface area contributed by atoms with Gasteiger partial charge in [-0.25, -0.2) is 0 Å². The zero-order valence-corrected chi connectivity index (χ0v) is 17.0. The predicted molar refractivity (Wildman–Crippen MR) is 115 cm³/mol. The summed E-state index contributed by atoms with van der Waals surface area (Å²) < 4.78 is 5.42. The van der Waals surface area contributed by atoms with Gasteiger partial charge in [-0.3, -0.25) is 14.5 Å². The molecule has 0 spiro atoms. The van der Waals surface area contributed by atoms with Crippen LogP contribution in [0.4, 0.5) is 11.5 Å². The van der Waals surface area contributed by atoms with Crippen molar-refractivity contribution < 1.29 is 14.1 Å². The van der Waals surface area contributed by atoms with Crippen LogP contribution in [-0.4, -0.2) is 61.0 Å². The molecule has 5 rings (SSSR count). The van der Waals surface area contributed by atoms with Crippen molar-refractivity contribution in [1.82, 2.24) is 10.1 Å². The van der Waals surface area contributed by atoms with Crippen LogP contribution in [0.1, 0.15) is 22.8 Å². The van der Waals surface area contributed by atoms with Gasteiger partial charge in [-0.2, -0.15) is 0 Å². The van der Waals surface area contributed by atoms with Crippen LogP contribution in [0, 0.1) is 0 Å². The fraction of sp³-hybridized carbons (Fsp3) is 0.348. The first-order valence-electron chi connectivity index (χ1n) is 10.4. The first-order chi connectivity index (χ1) is 14.6. The molecule has 2 aromatic carbocycles. The Bertz CT molecular complexity index is 1110. The van der Waals surface area contributed by atoms with Crippen LogP contribution in [0.3, 0.4) is 0 Å². The van der Waals surface area contributed by atoms with E-state index in [1.54, 1.807) is 4.90 Å². The van der Waals surface area contributed by atoms with Crippen LogP contribution in [0.15, 0.2) is 47.0 Å². The summed E-state index contributed by atoms with van der Waals surface area (Å²) in [6, 6.07) is 13.5. The Morgan fingerprint density at radius 3 is 2.70 bits per heavy atom. The second kappa shape index (κ2) is 7.57. The molecule has 0 bridgehead atoms. The third-order valence-corrected chi connectivity index (χ3v) is 6.05. The molecule has 7 nitrogen and oxygen atoms in total. The zero-order valence-electron chi connectivity index (χ0n) is 17.0. The number of piperazine rings is 1. The summed E-state index contributed by atoms with van der Waals surface area (Å²) in [4.78, 5) is 31.1. The van der Waals surface area contributed by atoms with Crippen LogP contribution < -0.4 is 9.80 Å². The minimum atomic E-state index is 0.0977. The number of aromatic nitrogens is 1. The van der Waals surface area contributed by atoms with Crippen LogP contribution in [0.2, 0.25) is 0 Å². The zero-order chi connectivity index (χ0) is 20.7. The smallest absolute Gasteiger partial charge is 0.231 e. The normalized spacial score (nSPS) is 17.0. The fourth-order valence-electron chi connectivity index (χ4n) is 4.42. The molecular formula is C23H24N4O3. The lowest BCUT2D eigenvalue weighted by molar-refractivity contribution is -0.117. The first-order valence-corrected chi connectivity index (χ1v) is 10.4. The summed E-state index contributed by atoms with van der Waals surface area (Å²) in [6.07, 6.45) is 0.384. The molecule has 3 aromatic rings. The third-order valence-electron chi connectivity index (χ3n) is 6.05. The molecule has 1 saturated heterocycles. The monoisotopic (exact) mass is 404 g/mol. The van der Waals surface area contributed by atoms with Gasteiger partial charge in [0.1, 0.15) is 0 Å². The third kappa shape index (κ3) is 3.25. The fourth-order valence-corrected chi connectivity index (χ4v) is 4.42. The Labute approximate surface area is 174 Å². The summed E-state index contributed by atoms with van der Waals surface area (Å²) in [5.74, 6) is 1.08. The van der Waals surface area contributed by atoms with E-state index in [2.05, 4.69) is 15.0 Å². The van der Waals surface area contributed by atoms with E-state index < -0.39 is 0 Å². The number of anilines is 2. The second-order valence-electron chi connectivity index (χ2n) is 7.85. The molecule has 1 aromatic heterocycles. The van der Waals surface area contributed by atoms with Gasteiger partial charge in [0.05, 0.1) is 18.4 Å². The van der Waals surface area contributed by atoms with E-state index in [0.717, 1.165) is 54.2 Å². The molecule has 0 aliphatic carbocycles. The minimum Gasteiger partial charge on any atom is -0.354 e. The summed E-state index contributed by atoms with van der Waals surface area (Å²) in [5.41, 5.74) is 3.37. The van der Waals surface area contributed by atoms with Crippen molar-refractivity contribution in [2.45, 2.75) is 13.3 Å². The number of Topliss-reactive ketones (excluding diaryl/α,β-unsaturated/α-hetero) is 1. The van der Waals surface area contributed by atoms with Gasteiger partial charge in [0.15, 0.2) is 17.2 Å². The number of ketones is 1. The Kier molecular flexibility index (Phi) is 4.75. The highest BCUT2D eigenvalue weighted by Crippen LogP contribution is 2.30. The van der Waals surface area contributed by atoms with Crippen LogP contribution in [-0.2, 0) is 11.2 Å². The standard InChI is InChI=1S/C23H24N4O3/c1-2-27-19-8-7-16(13-17(19)14-22(27)29)20(28)15-25-9-11-26(12-10-25)23-18-5-3-4-6-21(18)30-24-23/h3-8,13H,2,9-12,14-15H2,1H3. The first kappa shape index (κ1) is 18.8. The van der Waals surface area contributed by atoms with Crippen LogP contribution >= 0.6 is 0 Å². The summed E-state index contributed by atoms with van der Waals surface area (Å²) in [6.45, 7) is 6.19. The Morgan fingerprint density at radius 2 is 1.90 bits per heavy atom. The molecule has 7 heteroatoms.